The third-order valence-electron chi connectivity index (χ3n) is 3.75. The molecule has 128 valence electrons. The third-order valence-corrected chi connectivity index (χ3v) is 3.75. The van der Waals surface area contributed by atoms with Gasteiger partial charge in [-0.05, 0) is 5.56 Å². The van der Waals surface area contributed by atoms with E-state index in [1.807, 2.05) is 0 Å². The summed E-state index contributed by atoms with van der Waals surface area (Å²) >= 11 is 0. The van der Waals surface area contributed by atoms with E-state index in [-0.39, 0.29) is 0 Å². The lowest BCUT2D eigenvalue weighted by molar-refractivity contribution is -0.293. The maximum Gasteiger partial charge on any atom is 0.318 e. The predicted molar refractivity (Wildman–Crippen MR) is 76.1 cm³/mol. The summed E-state index contributed by atoms with van der Waals surface area (Å²) in [5.41, 5.74) is 0.518. The summed E-state index contributed by atoms with van der Waals surface area (Å²) in [5.74, 6) is -1.84. The van der Waals surface area contributed by atoms with E-state index >= 15 is 0 Å². The zero-order chi connectivity index (χ0) is 17.0. The first-order valence-corrected chi connectivity index (χ1v) is 7.16. The summed E-state index contributed by atoms with van der Waals surface area (Å²) in [6.07, 6.45) is -7.58. The summed E-state index contributed by atoms with van der Waals surface area (Å²) in [6.45, 7) is -1.14. The number of aliphatic hydroxyl groups is 5. The highest BCUT2D eigenvalue weighted by Crippen LogP contribution is 2.24. The van der Waals surface area contributed by atoms with Crippen LogP contribution in [0.4, 0.5) is 0 Å². The minimum atomic E-state index is -1.67. The van der Waals surface area contributed by atoms with Crippen LogP contribution in [-0.2, 0) is 14.3 Å². The maximum atomic E-state index is 12.2. The van der Waals surface area contributed by atoms with Crippen molar-refractivity contribution in [3.05, 3.63) is 35.9 Å². The van der Waals surface area contributed by atoms with E-state index in [1.54, 1.807) is 30.3 Å². The van der Waals surface area contributed by atoms with Crippen molar-refractivity contribution < 1.29 is 39.8 Å². The first kappa shape index (κ1) is 17.8. The molecule has 0 radical (unpaired) electrons. The third kappa shape index (κ3) is 3.86. The van der Waals surface area contributed by atoms with E-state index < -0.39 is 55.8 Å². The molecular weight excluding hydrogens is 308 g/mol. The molecule has 0 aliphatic carbocycles. The van der Waals surface area contributed by atoms with Gasteiger partial charge in [0, 0.05) is 0 Å². The smallest absolute Gasteiger partial charge is 0.318 e. The fourth-order valence-electron chi connectivity index (χ4n) is 2.36. The molecule has 1 aliphatic heterocycles. The molecule has 2 rings (SSSR count). The van der Waals surface area contributed by atoms with Gasteiger partial charge in [-0.1, -0.05) is 30.3 Å². The Balaban J connectivity index is 2.09. The van der Waals surface area contributed by atoms with Crippen molar-refractivity contribution in [3.63, 3.8) is 0 Å². The second-order valence-corrected chi connectivity index (χ2v) is 5.28. The Morgan fingerprint density at radius 3 is 2.30 bits per heavy atom. The highest BCUT2D eigenvalue weighted by molar-refractivity contribution is 5.78. The molecule has 8 nitrogen and oxygen atoms in total. The summed E-state index contributed by atoms with van der Waals surface area (Å²) in [5, 5.41) is 47.7. The predicted octanol–water partition coefficient (Wildman–Crippen LogP) is -1.89. The lowest BCUT2D eigenvalue weighted by Gasteiger charge is -2.39. The van der Waals surface area contributed by atoms with E-state index in [0.717, 1.165) is 0 Å². The molecule has 0 bridgehead atoms. The van der Waals surface area contributed by atoms with Crippen LogP contribution in [0, 0.1) is 0 Å². The minimum absolute atomic E-state index is 0.514. The van der Waals surface area contributed by atoms with Crippen LogP contribution in [0.2, 0.25) is 0 Å². The van der Waals surface area contributed by atoms with Crippen molar-refractivity contribution in [3.8, 4) is 0 Å². The Bertz CT molecular complexity index is 505. The zero-order valence-electron chi connectivity index (χ0n) is 12.2. The highest BCUT2D eigenvalue weighted by atomic mass is 16.7. The first-order valence-electron chi connectivity index (χ1n) is 7.16. The van der Waals surface area contributed by atoms with E-state index in [2.05, 4.69) is 0 Å². The Labute approximate surface area is 132 Å². The normalized spacial score (nSPS) is 32.3. The molecule has 23 heavy (non-hydrogen) atoms. The van der Waals surface area contributed by atoms with E-state index in [9.17, 15) is 25.2 Å². The topological polar surface area (TPSA) is 137 Å². The Morgan fingerprint density at radius 2 is 1.74 bits per heavy atom. The number of rotatable bonds is 5. The quantitative estimate of drug-likeness (QED) is 0.396. The summed E-state index contributed by atoms with van der Waals surface area (Å²) in [7, 11) is 0. The van der Waals surface area contributed by atoms with Crippen molar-refractivity contribution in [1.29, 1.82) is 0 Å². The van der Waals surface area contributed by atoms with Crippen LogP contribution in [0.5, 0.6) is 0 Å². The molecule has 1 aromatic rings. The van der Waals surface area contributed by atoms with Crippen molar-refractivity contribution in [2.24, 2.45) is 0 Å². The van der Waals surface area contributed by atoms with Gasteiger partial charge in [0.1, 0.15) is 30.3 Å². The number of hydrogen-bond donors (Lipinski definition) is 5. The van der Waals surface area contributed by atoms with Crippen LogP contribution in [-0.4, -0.2) is 75.4 Å². The van der Waals surface area contributed by atoms with Gasteiger partial charge in [-0.25, -0.2) is 0 Å². The lowest BCUT2D eigenvalue weighted by Crippen LogP contribution is -2.59. The van der Waals surface area contributed by atoms with E-state index in [0.29, 0.717) is 5.56 Å². The van der Waals surface area contributed by atoms with Gasteiger partial charge in [0.25, 0.3) is 0 Å². The van der Waals surface area contributed by atoms with Gasteiger partial charge in [0.15, 0.2) is 0 Å². The molecule has 1 saturated heterocycles. The van der Waals surface area contributed by atoms with E-state index in [1.165, 1.54) is 0 Å². The number of aliphatic hydroxyl groups excluding tert-OH is 5. The molecule has 1 fully saturated rings. The van der Waals surface area contributed by atoms with Crippen molar-refractivity contribution >= 4 is 5.97 Å². The largest absolute Gasteiger partial charge is 0.432 e. The monoisotopic (exact) mass is 328 g/mol. The molecule has 1 aromatic carbocycles. The molecule has 1 heterocycles. The van der Waals surface area contributed by atoms with Crippen molar-refractivity contribution in [2.45, 2.75) is 36.6 Å². The molecule has 0 unspecified atom stereocenters. The number of carbonyl (C=O) groups excluding carboxylic acids is 1. The van der Waals surface area contributed by atoms with Gasteiger partial charge in [0.2, 0.25) is 6.29 Å². The molecule has 1 aliphatic rings. The Hall–Kier alpha value is -1.55. The second-order valence-electron chi connectivity index (χ2n) is 5.28. The van der Waals surface area contributed by atoms with Crippen molar-refractivity contribution in [2.75, 3.05) is 13.2 Å². The van der Waals surface area contributed by atoms with Crippen LogP contribution in [0.15, 0.2) is 30.3 Å². The Kier molecular flexibility index (Phi) is 6.05. The molecular formula is C15H20O8. The average Bonchev–Trinajstić information content (AvgIpc) is 2.57. The number of carbonyl (C=O) groups is 1. The molecule has 0 saturated carbocycles. The number of hydrogen-bond acceptors (Lipinski definition) is 8. The maximum absolute atomic E-state index is 12.2. The Morgan fingerprint density at radius 1 is 1.09 bits per heavy atom. The van der Waals surface area contributed by atoms with Crippen LogP contribution in [0.1, 0.15) is 11.5 Å². The minimum Gasteiger partial charge on any atom is -0.432 e. The fourth-order valence-corrected chi connectivity index (χ4v) is 2.36. The molecule has 8 heteroatoms. The molecule has 5 N–H and O–H groups in total. The first-order chi connectivity index (χ1) is 11.0. The number of benzene rings is 1. The molecule has 0 spiro atoms. The summed E-state index contributed by atoms with van der Waals surface area (Å²) < 4.78 is 10.1. The molecule has 0 aromatic heterocycles. The molecule has 0 amide bonds. The van der Waals surface area contributed by atoms with Gasteiger partial charge < -0.3 is 35.0 Å². The second kappa shape index (κ2) is 7.82. The van der Waals surface area contributed by atoms with Crippen LogP contribution in [0.25, 0.3) is 0 Å². The zero-order valence-corrected chi connectivity index (χ0v) is 12.2. The van der Waals surface area contributed by atoms with Gasteiger partial charge in [-0.3, -0.25) is 4.79 Å². The van der Waals surface area contributed by atoms with E-state index in [4.69, 9.17) is 14.6 Å². The standard InChI is InChI=1S/C15H20O8/c16-6-9(8-4-2-1-3-5-8)14(21)23-15-13(20)12(19)11(18)10(7-17)22-15/h1-5,9-13,15-20H,6-7H2/t9-,10+,11+,12-,13+,15-/m1/s1. The number of ether oxygens (including phenoxy) is 2. The van der Waals surface area contributed by atoms with Gasteiger partial charge in [-0.2, -0.15) is 0 Å². The van der Waals surface area contributed by atoms with Crippen LogP contribution in [0.3, 0.4) is 0 Å². The SMILES string of the molecule is O=C(O[C@H]1O[C@@H](CO)[C@H](O)[C@@H](O)[C@@H]1O)[C@H](CO)c1ccccc1. The lowest BCUT2D eigenvalue weighted by atomic mass is 9.98. The average molecular weight is 328 g/mol. The summed E-state index contributed by atoms with van der Waals surface area (Å²) in [6, 6.07) is 8.41. The van der Waals surface area contributed by atoms with Gasteiger partial charge in [-0.15, -0.1) is 0 Å². The van der Waals surface area contributed by atoms with Gasteiger partial charge in [0.05, 0.1) is 13.2 Å². The van der Waals surface area contributed by atoms with Gasteiger partial charge >= 0.3 is 5.97 Å². The highest BCUT2D eigenvalue weighted by Gasteiger charge is 2.45. The number of esters is 1. The summed E-state index contributed by atoms with van der Waals surface area (Å²) in [4.78, 5) is 12.2. The van der Waals surface area contributed by atoms with Crippen LogP contribution < -0.4 is 0 Å². The molecule has 6 atom stereocenters. The fraction of sp³-hybridized carbons (Fsp3) is 0.533. The van der Waals surface area contributed by atoms with Crippen molar-refractivity contribution in [1.82, 2.24) is 0 Å². The van der Waals surface area contributed by atoms with Crippen LogP contribution >= 0.6 is 0 Å².